The molecule has 0 saturated carbocycles. The van der Waals surface area contributed by atoms with Gasteiger partial charge in [-0.1, -0.05) is 0 Å². The van der Waals surface area contributed by atoms with E-state index in [1.165, 1.54) is 13.0 Å². The molecule has 1 atom stereocenters. The molecule has 14 heavy (non-hydrogen) atoms. The Kier molecular flexibility index (Phi) is 1.81. The van der Waals surface area contributed by atoms with E-state index in [1.54, 1.807) is 0 Å². The molecule has 0 spiro atoms. The summed E-state index contributed by atoms with van der Waals surface area (Å²) >= 11 is 0. The highest BCUT2D eigenvalue weighted by Crippen LogP contribution is 2.40. The van der Waals surface area contributed by atoms with Crippen molar-refractivity contribution in [3.05, 3.63) is 18.0 Å². The summed E-state index contributed by atoms with van der Waals surface area (Å²) in [5.41, 5.74) is 0.255. The van der Waals surface area contributed by atoms with Crippen molar-refractivity contribution in [2.24, 2.45) is 0 Å². The number of pyridine rings is 1. The molecular weight excluding hydrogens is 196 g/mol. The molecule has 0 fully saturated rings. The zero-order valence-electron chi connectivity index (χ0n) is 7.20. The molecule has 1 aliphatic rings. The predicted molar refractivity (Wildman–Crippen MR) is 41.1 cm³/mol. The van der Waals surface area contributed by atoms with Crippen LogP contribution >= 0.6 is 0 Å². The van der Waals surface area contributed by atoms with Gasteiger partial charge >= 0.3 is 6.29 Å². The van der Waals surface area contributed by atoms with Crippen LogP contribution in [0.25, 0.3) is 0 Å². The number of aromatic nitrogens is 1. The van der Waals surface area contributed by atoms with E-state index in [1.807, 2.05) is 0 Å². The van der Waals surface area contributed by atoms with Gasteiger partial charge in [-0.3, -0.25) is 4.98 Å². The van der Waals surface area contributed by atoms with Crippen LogP contribution in [0.3, 0.4) is 0 Å². The maximum Gasteiger partial charge on any atom is 0.586 e. The molecule has 1 aromatic heterocycles. The lowest BCUT2D eigenvalue weighted by Crippen LogP contribution is -2.25. The van der Waals surface area contributed by atoms with E-state index in [9.17, 15) is 8.78 Å². The molecule has 2 rings (SSSR count). The Bertz CT molecular complexity index is 368. The van der Waals surface area contributed by atoms with Gasteiger partial charge in [0.2, 0.25) is 0 Å². The van der Waals surface area contributed by atoms with E-state index in [4.69, 9.17) is 5.11 Å². The van der Waals surface area contributed by atoms with Crippen LogP contribution in [-0.2, 0) is 0 Å². The van der Waals surface area contributed by atoms with Gasteiger partial charge in [0, 0.05) is 6.07 Å². The SMILES string of the molecule is CC(O)c1cc2c(cn1)OC(F)(F)O2. The normalized spacial score (nSPS) is 19.4. The van der Waals surface area contributed by atoms with Gasteiger partial charge in [-0.15, -0.1) is 8.78 Å². The summed E-state index contributed by atoms with van der Waals surface area (Å²) in [4.78, 5) is 3.73. The van der Waals surface area contributed by atoms with Crippen LogP contribution in [0.1, 0.15) is 18.7 Å². The maximum atomic E-state index is 12.5. The second kappa shape index (κ2) is 2.78. The lowest BCUT2D eigenvalue weighted by molar-refractivity contribution is -0.286. The molecule has 4 nitrogen and oxygen atoms in total. The van der Waals surface area contributed by atoms with Gasteiger partial charge in [0.25, 0.3) is 0 Å². The van der Waals surface area contributed by atoms with E-state index >= 15 is 0 Å². The van der Waals surface area contributed by atoms with Gasteiger partial charge < -0.3 is 14.6 Å². The number of ether oxygens (including phenoxy) is 2. The lowest BCUT2D eigenvalue weighted by atomic mass is 10.2. The van der Waals surface area contributed by atoms with Crippen LogP contribution in [-0.4, -0.2) is 16.4 Å². The van der Waals surface area contributed by atoms with Crippen molar-refractivity contribution >= 4 is 0 Å². The summed E-state index contributed by atoms with van der Waals surface area (Å²) in [7, 11) is 0. The van der Waals surface area contributed by atoms with Crippen molar-refractivity contribution in [1.82, 2.24) is 4.98 Å². The molecule has 0 aromatic carbocycles. The molecular formula is C8H7F2NO3. The fourth-order valence-corrected chi connectivity index (χ4v) is 1.10. The van der Waals surface area contributed by atoms with Crippen molar-refractivity contribution in [3.63, 3.8) is 0 Å². The second-order valence-corrected chi connectivity index (χ2v) is 2.90. The Hall–Kier alpha value is -1.43. The number of fused-ring (bicyclic) bond motifs is 1. The third-order valence-electron chi connectivity index (χ3n) is 1.74. The average Bonchev–Trinajstić information content (AvgIpc) is 2.36. The standard InChI is InChI=1S/C8H7F2NO3/c1-4(12)5-2-6-7(3-11-5)14-8(9,10)13-6/h2-4,12H,1H3. The minimum atomic E-state index is -3.64. The van der Waals surface area contributed by atoms with Crippen LogP contribution < -0.4 is 9.47 Å². The highest BCUT2D eigenvalue weighted by atomic mass is 19.3. The highest BCUT2D eigenvalue weighted by Gasteiger charge is 2.43. The minimum absolute atomic E-state index is 0.110. The van der Waals surface area contributed by atoms with E-state index in [0.717, 1.165) is 6.20 Å². The predicted octanol–water partition coefficient (Wildman–Crippen LogP) is 1.46. The number of alkyl halides is 2. The molecule has 0 radical (unpaired) electrons. The number of rotatable bonds is 1. The van der Waals surface area contributed by atoms with Crippen LogP contribution in [0.2, 0.25) is 0 Å². The second-order valence-electron chi connectivity index (χ2n) is 2.90. The molecule has 1 aromatic rings. The monoisotopic (exact) mass is 203 g/mol. The van der Waals surface area contributed by atoms with Crippen LogP contribution in [0.5, 0.6) is 11.5 Å². The van der Waals surface area contributed by atoms with Gasteiger partial charge in [0.05, 0.1) is 18.0 Å². The number of aliphatic hydroxyl groups is 1. The first-order valence-corrected chi connectivity index (χ1v) is 3.92. The van der Waals surface area contributed by atoms with Crippen LogP contribution in [0.4, 0.5) is 8.78 Å². The van der Waals surface area contributed by atoms with Crippen molar-refractivity contribution < 1.29 is 23.4 Å². The number of halogens is 2. The number of hydrogen-bond donors (Lipinski definition) is 1. The number of hydrogen-bond acceptors (Lipinski definition) is 4. The van der Waals surface area contributed by atoms with Crippen molar-refractivity contribution in [2.75, 3.05) is 0 Å². The van der Waals surface area contributed by atoms with Gasteiger partial charge in [-0.25, -0.2) is 0 Å². The molecule has 1 unspecified atom stereocenters. The van der Waals surface area contributed by atoms with Gasteiger partial charge in [-0.2, -0.15) is 0 Å². The van der Waals surface area contributed by atoms with E-state index in [2.05, 4.69) is 14.5 Å². The lowest BCUT2D eigenvalue weighted by Gasteiger charge is -2.04. The first-order valence-electron chi connectivity index (χ1n) is 3.92. The van der Waals surface area contributed by atoms with Crippen LogP contribution in [0, 0.1) is 0 Å². The first kappa shape index (κ1) is 9.14. The summed E-state index contributed by atoms with van der Waals surface area (Å²) in [6, 6.07) is 1.22. The summed E-state index contributed by atoms with van der Waals surface area (Å²) in [5, 5.41) is 9.14. The fourth-order valence-electron chi connectivity index (χ4n) is 1.10. The maximum absolute atomic E-state index is 12.5. The number of aliphatic hydroxyl groups excluding tert-OH is 1. The van der Waals surface area contributed by atoms with Crippen LogP contribution in [0.15, 0.2) is 12.3 Å². The number of nitrogens with zero attached hydrogens (tertiary/aromatic N) is 1. The molecule has 1 aliphatic heterocycles. The van der Waals surface area contributed by atoms with Gasteiger partial charge in [0.15, 0.2) is 11.5 Å². The Morgan fingerprint density at radius 2 is 2.07 bits per heavy atom. The Balaban J connectivity index is 2.36. The fraction of sp³-hybridized carbons (Fsp3) is 0.375. The molecule has 2 heterocycles. The van der Waals surface area contributed by atoms with E-state index in [-0.39, 0.29) is 17.2 Å². The minimum Gasteiger partial charge on any atom is -0.395 e. The summed E-state index contributed by atoms with van der Waals surface area (Å²) in [6.45, 7) is 1.47. The molecule has 0 bridgehead atoms. The van der Waals surface area contributed by atoms with E-state index < -0.39 is 12.4 Å². The third kappa shape index (κ3) is 1.48. The average molecular weight is 203 g/mol. The van der Waals surface area contributed by atoms with Gasteiger partial charge in [-0.05, 0) is 6.92 Å². The van der Waals surface area contributed by atoms with Gasteiger partial charge in [0.1, 0.15) is 0 Å². The van der Waals surface area contributed by atoms with Crippen molar-refractivity contribution in [2.45, 2.75) is 19.3 Å². The zero-order valence-corrected chi connectivity index (χ0v) is 7.20. The molecule has 6 heteroatoms. The summed E-state index contributed by atoms with van der Waals surface area (Å²) in [5.74, 6) is -0.236. The first-order chi connectivity index (χ1) is 6.48. The smallest absolute Gasteiger partial charge is 0.395 e. The molecule has 0 saturated heterocycles. The quantitative estimate of drug-likeness (QED) is 0.750. The Morgan fingerprint density at radius 1 is 1.43 bits per heavy atom. The van der Waals surface area contributed by atoms with E-state index in [0.29, 0.717) is 0 Å². The van der Waals surface area contributed by atoms with Crippen molar-refractivity contribution in [3.8, 4) is 11.5 Å². The third-order valence-corrected chi connectivity index (χ3v) is 1.74. The zero-order chi connectivity index (χ0) is 10.3. The Morgan fingerprint density at radius 3 is 2.71 bits per heavy atom. The molecule has 0 aliphatic carbocycles. The summed E-state index contributed by atoms with van der Waals surface area (Å²) in [6.07, 6.45) is -3.38. The Labute approximate surface area is 78.1 Å². The molecule has 1 N–H and O–H groups in total. The molecule has 0 amide bonds. The molecule has 76 valence electrons. The summed E-state index contributed by atoms with van der Waals surface area (Å²) < 4.78 is 33.4. The van der Waals surface area contributed by atoms with Crippen molar-refractivity contribution in [1.29, 1.82) is 0 Å². The topological polar surface area (TPSA) is 51.6 Å². The highest BCUT2D eigenvalue weighted by molar-refractivity contribution is 5.41. The largest absolute Gasteiger partial charge is 0.586 e.